The van der Waals surface area contributed by atoms with E-state index in [9.17, 15) is 14.4 Å². The highest BCUT2D eigenvalue weighted by molar-refractivity contribution is 8.00. The van der Waals surface area contributed by atoms with Crippen molar-refractivity contribution in [2.75, 3.05) is 5.32 Å². The van der Waals surface area contributed by atoms with Crippen LogP contribution in [0.15, 0.2) is 35.2 Å². The third-order valence-corrected chi connectivity index (χ3v) is 5.93. The van der Waals surface area contributed by atoms with Gasteiger partial charge in [-0.2, -0.15) is 0 Å². The van der Waals surface area contributed by atoms with Crippen LogP contribution in [0.5, 0.6) is 0 Å². The number of ketones is 1. The minimum absolute atomic E-state index is 0.0575. The van der Waals surface area contributed by atoms with Gasteiger partial charge in [-0.05, 0) is 50.1 Å². The molecule has 1 aliphatic carbocycles. The van der Waals surface area contributed by atoms with Crippen LogP contribution >= 0.6 is 11.8 Å². The zero-order valence-electron chi connectivity index (χ0n) is 14.9. The number of nitrogens with zero attached hydrogens (tertiary/aromatic N) is 1. The van der Waals surface area contributed by atoms with Gasteiger partial charge in [-0.3, -0.25) is 19.4 Å². The summed E-state index contributed by atoms with van der Waals surface area (Å²) in [6.07, 6.45) is 2.20. The van der Waals surface area contributed by atoms with Crippen molar-refractivity contribution >= 4 is 35.0 Å². The minimum Gasteiger partial charge on any atom is -0.346 e. The van der Waals surface area contributed by atoms with Crippen molar-refractivity contribution in [3.63, 3.8) is 0 Å². The number of thioether (sulfide) groups is 1. The SMILES string of the molecule is C[C@H]1Sc2ccc(C(=O)NCc3ccc4c(n3)CCCC4=O)cc2NC1=O. The van der Waals surface area contributed by atoms with Gasteiger partial charge in [0.15, 0.2) is 5.78 Å². The van der Waals surface area contributed by atoms with E-state index in [0.29, 0.717) is 23.2 Å². The zero-order chi connectivity index (χ0) is 19.0. The van der Waals surface area contributed by atoms with Crippen LogP contribution in [0.2, 0.25) is 0 Å². The zero-order valence-corrected chi connectivity index (χ0v) is 15.7. The van der Waals surface area contributed by atoms with Gasteiger partial charge in [0.05, 0.1) is 28.9 Å². The summed E-state index contributed by atoms with van der Waals surface area (Å²) in [4.78, 5) is 41.6. The maximum atomic E-state index is 12.5. The van der Waals surface area contributed by atoms with E-state index in [1.165, 1.54) is 11.8 Å². The van der Waals surface area contributed by atoms with Gasteiger partial charge >= 0.3 is 0 Å². The number of anilines is 1. The maximum Gasteiger partial charge on any atom is 0.251 e. The molecule has 0 saturated carbocycles. The van der Waals surface area contributed by atoms with E-state index in [0.717, 1.165) is 29.1 Å². The van der Waals surface area contributed by atoms with E-state index in [2.05, 4.69) is 15.6 Å². The molecular formula is C20H19N3O3S. The number of carbonyl (C=O) groups is 3. The molecule has 1 aliphatic heterocycles. The Balaban J connectivity index is 1.45. The highest BCUT2D eigenvalue weighted by Crippen LogP contribution is 2.35. The van der Waals surface area contributed by atoms with Crippen LogP contribution in [0.4, 0.5) is 5.69 Å². The normalized spacial score (nSPS) is 18.3. The van der Waals surface area contributed by atoms with Crippen molar-refractivity contribution in [3.05, 3.63) is 52.8 Å². The molecule has 6 nitrogen and oxygen atoms in total. The lowest BCUT2D eigenvalue weighted by atomic mass is 9.94. The number of aryl methyl sites for hydroxylation is 1. The number of nitrogens with one attached hydrogen (secondary N) is 2. The van der Waals surface area contributed by atoms with Crippen molar-refractivity contribution in [1.29, 1.82) is 0 Å². The molecule has 2 N–H and O–H groups in total. The smallest absolute Gasteiger partial charge is 0.251 e. The first-order valence-corrected chi connectivity index (χ1v) is 9.81. The van der Waals surface area contributed by atoms with Crippen LogP contribution in [-0.4, -0.2) is 27.8 Å². The molecule has 27 heavy (non-hydrogen) atoms. The van der Waals surface area contributed by atoms with Gasteiger partial charge in [-0.1, -0.05) is 0 Å². The number of pyridine rings is 1. The third-order valence-electron chi connectivity index (χ3n) is 4.75. The summed E-state index contributed by atoms with van der Waals surface area (Å²) in [5.74, 6) is -0.147. The molecule has 1 atom stereocenters. The van der Waals surface area contributed by atoms with Crippen LogP contribution < -0.4 is 10.6 Å². The fourth-order valence-electron chi connectivity index (χ4n) is 3.26. The third kappa shape index (κ3) is 3.60. The first kappa shape index (κ1) is 17.7. The Hall–Kier alpha value is -2.67. The lowest BCUT2D eigenvalue weighted by Crippen LogP contribution is -2.27. The van der Waals surface area contributed by atoms with E-state index in [-0.39, 0.29) is 29.4 Å². The molecule has 0 unspecified atom stereocenters. The summed E-state index contributed by atoms with van der Waals surface area (Å²) in [6.45, 7) is 2.14. The van der Waals surface area contributed by atoms with Crippen molar-refractivity contribution in [3.8, 4) is 0 Å². The van der Waals surface area contributed by atoms with Crippen LogP contribution in [0.1, 0.15) is 51.9 Å². The minimum atomic E-state index is -0.230. The highest BCUT2D eigenvalue weighted by atomic mass is 32.2. The second-order valence-corrected chi connectivity index (χ2v) is 8.10. The monoisotopic (exact) mass is 381 g/mol. The fourth-order valence-corrected chi connectivity index (χ4v) is 4.19. The maximum absolute atomic E-state index is 12.5. The van der Waals surface area contributed by atoms with Crippen molar-refractivity contribution in [1.82, 2.24) is 10.3 Å². The van der Waals surface area contributed by atoms with Crippen LogP contribution in [0.25, 0.3) is 0 Å². The van der Waals surface area contributed by atoms with Gasteiger partial charge in [0.25, 0.3) is 5.91 Å². The van der Waals surface area contributed by atoms with E-state index >= 15 is 0 Å². The van der Waals surface area contributed by atoms with Crippen molar-refractivity contribution < 1.29 is 14.4 Å². The lowest BCUT2D eigenvalue weighted by Gasteiger charge is -2.21. The summed E-state index contributed by atoms with van der Waals surface area (Å²) in [5.41, 5.74) is 3.40. The molecule has 2 aliphatic rings. The Morgan fingerprint density at radius 2 is 2.11 bits per heavy atom. The molecule has 7 heteroatoms. The molecule has 2 amide bonds. The predicted octanol–water partition coefficient (Wildman–Crippen LogP) is 2.96. The first-order chi connectivity index (χ1) is 13.0. The summed E-state index contributed by atoms with van der Waals surface area (Å²) < 4.78 is 0. The Morgan fingerprint density at radius 1 is 1.26 bits per heavy atom. The van der Waals surface area contributed by atoms with Gasteiger partial charge in [0.1, 0.15) is 0 Å². The van der Waals surface area contributed by atoms with E-state index < -0.39 is 0 Å². The Labute approximate surface area is 161 Å². The van der Waals surface area contributed by atoms with Crippen LogP contribution in [0, 0.1) is 0 Å². The number of aromatic nitrogens is 1. The highest BCUT2D eigenvalue weighted by Gasteiger charge is 2.24. The molecule has 4 rings (SSSR count). The number of carbonyl (C=O) groups excluding carboxylic acids is 3. The Bertz CT molecular complexity index is 957. The fraction of sp³-hybridized carbons (Fsp3) is 0.300. The molecule has 2 heterocycles. The van der Waals surface area contributed by atoms with Gasteiger partial charge in [0.2, 0.25) is 5.91 Å². The molecule has 0 bridgehead atoms. The molecule has 0 fully saturated rings. The predicted molar refractivity (Wildman–Crippen MR) is 103 cm³/mol. The number of rotatable bonds is 3. The Morgan fingerprint density at radius 3 is 2.96 bits per heavy atom. The molecule has 0 saturated heterocycles. The second-order valence-electron chi connectivity index (χ2n) is 6.72. The lowest BCUT2D eigenvalue weighted by molar-refractivity contribution is -0.115. The standard InChI is InChI=1S/C20H19N3O3S/c1-11-19(25)23-16-9-12(5-8-18(16)27-11)20(26)21-10-13-6-7-14-15(22-13)3-2-4-17(14)24/h5-9,11H,2-4,10H2,1H3,(H,21,26)(H,23,25)/t11-/m1/s1. The van der Waals surface area contributed by atoms with Crippen molar-refractivity contribution in [2.45, 2.75) is 42.9 Å². The van der Waals surface area contributed by atoms with Crippen molar-refractivity contribution in [2.24, 2.45) is 0 Å². The van der Waals surface area contributed by atoms with Crippen LogP contribution in [-0.2, 0) is 17.8 Å². The number of Topliss-reactive ketones (excluding diaryl/α,β-unsaturated/α-hetero) is 1. The summed E-state index contributed by atoms with van der Waals surface area (Å²) >= 11 is 1.48. The topological polar surface area (TPSA) is 88.2 Å². The quantitative estimate of drug-likeness (QED) is 0.853. The number of benzene rings is 1. The number of hydrogen-bond donors (Lipinski definition) is 2. The molecule has 138 valence electrons. The van der Waals surface area contributed by atoms with Gasteiger partial charge in [-0.25, -0.2) is 0 Å². The molecule has 0 spiro atoms. The van der Waals surface area contributed by atoms with Gasteiger partial charge in [-0.15, -0.1) is 11.8 Å². The van der Waals surface area contributed by atoms with Gasteiger partial charge < -0.3 is 10.6 Å². The van der Waals surface area contributed by atoms with Gasteiger partial charge in [0, 0.05) is 22.4 Å². The summed E-state index contributed by atoms with van der Waals surface area (Å²) in [7, 11) is 0. The summed E-state index contributed by atoms with van der Waals surface area (Å²) in [6, 6.07) is 8.89. The first-order valence-electron chi connectivity index (χ1n) is 8.93. The molecule has 1 aromatic heterocycles. The number of hydrogen-bond acceptors (Lipinski definition) is 5. The summed E-state index contributed by atoms with van der Waals surface area (Å²) in [5, 5.41) is 5.55. The van der Waals surface area contributed by atoms with Crippen LogP contribution in [0.3, 0.4) is 0 Å². The average molecular weight is 381 g/mol. The molecule has 2 aromatic rings. The number of fused-ring (bicyclic) bond motifs is 2. The Kier molecular flexibility index (Phi) is 4.70. The molecule has 1 aromatic carbocycles. The number of amides is 2. The average Bonchev–Trinajstić information content (AvgIpc) is 2.67. The second kappa shape index (κ2) is 7.15. The largest absolute Gasteiger partial charge is 0.346 e. The van der Waals surface area contributed by atoms with E-state index in [1.807, 2.05) is 13.0 Å². The molecular weight excluding hydrogens is 362 g/mol. The van der Waals surface area contributed by atoms with E-state index in [1.54, 1.807) is 24.3 Å². The van der Waals surface area contributed by atoms with E-state index in [4.69, 9.17) is 0 Å². The molecule has 0 radical (unpaired) electrons.